The molecule has 0 unspecified atom stereocenters. The number of aromatic nitrogens is 2. The van der Waals surface area contributed by atoms with E-state index >= 15 is 0 Å². The Morgan fingerprint density at radius 2 is 1.79 bits per heavy atom. The maximum Gasteiger partial charge on any atom is 0.159 e. The molecule has 1 aliphatic rings. The minimum Gasteiger partial charge on any atom is -0.380 e. The molecule has 0 aliphatic carbocycles. The van der Waals surface area contributed by atoms with Crippen molar-refractivity contribution in [3.63, 3.8) is 0 Å². The highest BCUT2D eigenvalue weighted by Crippen LogP contribution is 2.30. The molecule has 1 saturated heterocycles. The fourth-order valence-electron chi connectivity index (χ4n) is 3.83. The van der Waals surface area contributed by atoms with Crippen molar-refractivity contribution in [1.29, 1.82) is 0 Å². The molecule has 0 radical (unpaired) electrons. The monoisotopic (exact) mass is 398 g/mol. The maximum absolute atomic E-state index is 13.4. The molecule has 1 fully saturated rings. The van der Waals surface area contributed by atoms with Crippen molar-refractivity contribution >= 4 is 5.69 Å². The highest BCUT2D eigenvalue weighted by Gasteiger charge is 2.24. The van der Waals surface area contributed by atoms with Gasteiger partial charge in [-0.2, -0.15) is 0 Å². The number of benzene rings is 2. The number of para-hydroxylation sites is 1. The summed E-state index contributed by atoms with van der Waals surface area (Å²) >= 11 is 0. The molecule has 4 rings (SSSR count). The third kappa shape index (κ3) is 4.16. The van der Waals surface area contributed by atoms with Gasteiger partial charge >= 0.3 is 0 Å². The summed E-state index contributed by atoms with van der Waals surface area (Å²) in [5.41, 5.74) is 2.59. The van der Waals surface area contributed by atoms with Crippen molar-refractivity contribution in [1.82, 2.24) is 14.5 Å². The third-order valence-corrected chi connectivity index (χ3v) is 5.44. The second-order valence-corrected chi connectivity index (χ2v) is 7.37. The van der Waals surface area contributed by atoms with Gasteiger partial charge in [-0.3, -0.25) is 4.90 Å². The first kappa shape index (κ1) is 19.5. The van der Waals surface area contributed by atoms with E-state index in [1.54, 1.807) is 12.3 Å². The number of aryl methyl sites for hydroxylation is 1. The number of imidazole rings is 1. The Bertz CT molecular complexity index is 982. The minimum absolute atomic E-state index is 0.586. The summed E-state index contributed by atoms with van der Waals surface area (Å²) in [6, 6.07) is 11.9. The number of hydrogen-bond donors (Lipinski definition) is 1. The van der Waals surface area contributed by atoms with Crippen LogP contribution in [0, 0.1) is 11.6 Å². The molecule has 29 heavy (non-hydrogen) atoms. The van der Waals surface area contributed by atoms with E-state index in [9.17, 15) is 13.9 Å². The lowest BCUT2D eigenvalue weighted by atomic mass is 10.0. The van der Waals surface area contributed by atoms with Crippen LogP contribution < -0.4 is 4.90 Å². The molecule has 0 amide bonds. The van der Waals surface area contributed by atoms with E-state index in [1.807, 2.05) is 42.1 Å². The van der Waals surface area contributed by atoms with Crippen molar-refractivity contribution in [3.8, 4) is 0 Å². The van der Waals surface area contributed by atoms with Gasteiger partial charge in [0.25, 0.3) is 0 Å². The van der Waals surface area contributed by atoms with Gasteiger partial charge in [0.2, 0.25) is 0 Å². The van der Waals surface area contributed by atoms with Gasteiger partial charge < -0.3 is 14.6 Å². The molecule has 5 nitrogen and oxygen atoms in total. The highest BCUT2D eigenvalue weighted by atomic mass is 19.2. The van der Waals surface area contributed by atoms with Crippen LogP contribution in [0.4, 0.5) is 14.5 Å². The zero-order valence-corrected chi connectivity index (χ0v) is 16.3. The molecule has 1 N–H and O–H groups in total. The summed E-state index contributed by atoms with van der Waals surface area (Å²) in [7, 11) is 1.87. The van der Waals surface area contributed by atoms with E-state index in [0.29, 0.717) is 12.4 Å². The summed E-state index contributed by atoms with van der Waals surface area (Å²) in [4.78, 5) is 8.76. The number of hydrogen-bond acceptors (Lipinski definition) is 4. The Morgan fingerprint density at radius 3 is 2.48 bits per heavy atom. The van der Waals surface area contributed by atoms with Crippen molar-refractivity contribution in [2.45, 2.75) is 12.6 Å². The smallest absolute Gasteiger partial charge is 0.159 e. The standard InChI is InChI=1S/C22H24F2N4O/c1-26-9-8-25-22(26)21(29)17-4-2-3-5-20(17)28-12-10-27(11-13-28)15-16-6-7-18(23)19(24)14-16/h2-9,14,21,29H,10-13,15H2,1H3/t21-/m1/s1. The number of rotatable bonds is 5. The van der Waals surface area contributed by atoms with E-state index in [0.717, 1.165) is 43.0 Å². The van der Waals surface area contributed by atoms with Crippen molar-refractivity contribution in [2.75, 3.05) is 31.1 Å². The predicted molar refractivity (Wildman–Crippen MR) is 108 cm³/mol. The normalized spacial score (nSPS) is 16.2. The van der Waals surface area contributed by atoms with Crippen molar-refractivity contribution in [3.05, 3.63) is 83.4 Å². The SMILES string of the molecule is Cn1ccnc1[C@H](O)c1ccccc1N1CCN(Cc2ccc(F)c(F)c2)CC1. The van der Waals surface area contributed by atoms with Gasteiger partial charge in [-0.1, -0.05) is 24.3 Å². The largest absolute Gasteiger partial charge is 0.380 e. The van der Waals surface area contributed by atoms with Crippen LogP contribution in [0.3, 0.4) is 0 Å². The third-order valence-electron chi connectivity index (χ3n) is 5.44. The molecule has 0 spiro atoms. The zero-order chi connectivity index (χ0) is 20.4. The predicted octanol–water partition coefficient (Wildman–Crippen LogP) is 3.10. The molecule has 2 heterocycles. The quantitative estimate of drug-likeness (QED) is 0.717. The summed E-state index contributed by atoms with van der Waals surface area (Å²) in [6.07, 6.45) is 2.70. The van der Waals surface area contributed by atoms with E-state index in [2.05, 4.69) is 14.8 Å². The topological polar surface area (TPSA) is 44.5 Å². The molecular formula is C22H24F2N4O. The van der Waals surface area contributed by atoms with Gasteiger partial charge in [-0.25, -0.2) is 13.8 Å². The average Bonchev–Trinajstić information content (AvgIpc) is 3.17. The number of aliphatic hydroxyl groups excluding tert-OH is 1. The molecular weight excluding hydrogens is 374 g/mol. The van der Waals surface area contributed by atoms with Gasteiger partial charge in [0, 0.05) is 63.4 Å². The first-order valence-corrected chi connectivity index (χ1v) is 9.68. The highest BCUT2D eigenvalue weighted by molar-refractivity contribution is 5.56. The number of nitrogens with zero attached hydrogens (tertiary/aromatic N) is 4. The fraction of sp³-hybridized carbons (Fsp3) is 0.318. The molecule has 0 bridgehead atoms. The first-order valence-electron chi connectivity index (χ1n) is 9.68. The maximum atomic E-state index is 13.4. The first-order chi connectivity index (χ1) is 14.0. The summed E-state index contributed by atoms with van der Waals surface area (Å²) in [6.45, 7) is 3.75. The Balaban J connectivity index is 1.45. The zero-order valence-electron chi connectivity index (χ0n) is 16.3. The molecule has 3 aromatic rings. The molecule has 152 valence electrons. The van der Waals surface area contributed by atoms with Gasteiger partial charge in [0.05, 0.1) is 0 Å². The van der Waals surface area contributed by atoms with Crippen LogP contribution in [-0.4, -0.2) is 45.7 Å². The second-order valence-electron chi connectivity index (χ2n) is 7.37. The lowest BCUT2D eigenvalue weighted by Gasteiger charge is -2.37. The lowest BCUT2D eigenvalue weighted by Crippen LogP contribution is -2.46. The van der Waals surface area contributed by atoms with E-state index in [1.165, 1.54) is 12.1 Å². The van der Waals surface area contributed by atoms with Crippen molar-refractivity contribution in [2.24, 2.45) is 7.05 Å². The van der Waals surface area contributed by atoms with Crippen LogP contribution in [-0.2, 0) is 13.6 Å². The number of anilines is 1. The van der Waals surface area contributed by atoms with Crippen LogP contribution in [0.2, 0.25) is 0 Å². The van der Waals surface area contributed by atoms with Gasteiger partial charge in [-0.05, 0) is 23.8 Å². The lowest BCUT2D eigenvalue weighted by molar-refractivity contribution is 0.205. The van der Waals surface area contributed by atoms with Gasteiger partial charge in [0.15, 0.2) is 11.6 Å². The van der Waals surface area contributed by atoms with Crippen molar-refractivity contribution < 1.29 is 13.9 Å². The average molecular weight is 398 g/mol. The Labute approximate surface area is 168 Å². The number of piperazine rings is 1. The molecule has 0 saturated carbocycles. The van der Waals surface area contributed by atoms with E-state index in [4.69, 9.17) is 0 Å². The minimum atomic E-state index is -0.818. The van der Waals surface area contributed by atoms with E-state index in [-0.39, 0.29) is 0 Å². The van der Waals surface area contributed by atoms with Crippen LogP contribution >= 0.6 is 0 Å². The molecule has 7 heteroatoms. The van der Waals surface area contributed by atoms with Crippen LogP contribution in [0.1, 0.15) is 23.1 Å². The molecule has 1 aliphatic heterocycles. The summed E-state index contributed by atoms with van der Waals surface area (Å²) in [5.74, 6) is -1.02. The van der Waals surface area contributed by atoms with Crippen LogP contribution in [0.5, 0.6) is 0 Å². The Morgan fingerprint density at radius 1 is 1.03 bits per heavy atom. The summed E-state index contributed by atoms with van der Waals surface area (Å²) < 4.78 is 28.4. The number of halogens is 2. The Hall–Kier alpha value is -2.77. The van der Waals surface area contributed by atoms with Gasteiger partial charge in [0.1, 0.15) is 11.9 Å². The number of aliphatic hydroxyl groups is 1. The second kappa shape index (κ2) is 8.31. The molecule has 1 atom stereocenters. The fourth-order valence-corrected chi connectivity index (χ4v) is 3.83. The van der Waals surface area contributed by atoms with Gasteiger partial charge in [-0.15, -0.1) is 0 Å². The molecule has 1 aromatic heterocycles. The van der Waals surface area contributed by atoms with E-state index < -0.39 is 17.7 Å². The molecule has 2 aromatic carbocycles. The van der Waals surface area contributed by atoms with Crippen LogP contribution in [0.25, 0.3) is 0 Å². The Kier molecular flexibility index (Phi) is 5.60. The van der Waals surface area contributed by atoms with Crippen LogP contribution in [0.15, 0.2) is 54.9 Å². The summed E-state index contributed by atoms with van der Waals surface area (Å²) in [5, 5.41) is 10.9.